The summed E-state index contributed by atoms with van der Waals surface area (Å²) in [7, 11) is 0. The molecule has 0 bridgehead atoms. The first-order chi connectivity index (χ1) is 19.9. The Hall–Kier alpha value is -4.66. The molecule has 1 amide bonds. The molecule has 3 aromatic heterocycles. The maximum Gasteiger partial charge on any atom is 0.225 e. The van der Waals surface area contributed by atoms with Gasteiger partial charge in [-0.15, -0.1) is 0 Å². The molecular formula is C32H28F3N5O. The van der Waals surface area contributed by atoms with Gasteiger partial charge in [-0.3, -0.25) is 9.78 Å². The number of pyridine rings is 2. The average Bonchev–Trinajstić information content (AvgIpc) is 3.63. The van der Waals surface area contributed by atoms with Gasteiger partial charge in [0.05, 0.1) is 18.2 Å². The standard InChI is InChI=1S/C32H28F3N5O/c33-23-6-7-28-27(17-23)22(19-37-28)15-31(41)39-29(14-20-12-24(34)16-25(35)13-20)32-26(4-3-9-36-32)21-5-8-30(38-18-21)40-10-1-2-11-40/h3-9,12-13,16-19,29,37H,1-2,10-11,14-15H2,(H,39,41). The van der Waals surface area contributed by atoms with Gasteiger partial charge in [-0.2, -0.15) is 0 Å². The summed E-state index contributed by atoms with van der Waals surface area (Å²) in [5.74, 6) is -1.22. The van der Waals surface area contributed by atoms with E-state index in [-0.39, 0.29) is 18.7 Å². The van der Waals surface area contributed by atoms with Gasteiger partial charge in [0.1, 0.15) is 23.3 Å². The van der Waals surface area contributed by atoms with Crippen LogP contribution in [0.5, 0.6) is 0 Å². The van der Waals surface area contributed by atoms with E-state index in [1.165, 1.54) is 24.3 Å². The molecule has 6 nitrogen and oxygen atoms in total. The van der Waals surface area contributed by atoms with E-state index in [9.17, 15) is 18.0 Å². The van der Waals surface area contributed by atoms with Crippen molar-refractivity contribution in [3.05, 3.63) is 114 Å². The summed E-state index contributed by atoms with van der Waals surface area (Å²) in [5, 5.41) is 3.64. The van der Waals surface area contributed by atoms with E-state index in [0.29, 0.717) is 22.2 Å². The largest absolute Gasteiger partial charge is 0.361 e. The number of rotatable bonds is 8. The number of hydrogen-bond acceptors (Lipinski definition) is 4. The van der Waals surface area contributed by atoms with Crippen molar-refractivity contribution < 1.29 is 18.0 Å². The molecule has 1 saturated heterocycles. The minimum Gasteiger partial charge on any atom is -0.361 e. The SMILES string of the molecule is O=C(Cc1c[nH]c2ccc(F)cc12)NC(Cc1cc(F)cc(F)c1)c1ncccc1-c1ccc(N2CCCC2)nc1. The van der Waals surface area contributed by atoms with Crippen LogP contribution >= 0.6 is 0 Å². The fourth-order valence-corrected chi connectivity index (χ4v) is 5.51. The predicted octanol–water partition coefficient (Wildman–Crippen LogP) is 6.29. The average molecular weight is 556 g/mol. The number of anilines is 1. The Balaban J connectivity index is 1.32. The number of benzene rings is 2. The fraction of sp³-hybridized carbons (Fsp3) is 0.219. The molecule has 2 aromatic carbocycles. The topological polar surface area (TPSA) is 73.9 Å². The summed E-state index contributed by atoms with van der Waals surface area (Å²) >= 11 is 0. The van der Waals surface area contributed by atoms with Crippen LogP contribution in [0.3, 0.4) is 0 Å². The molecule has 2 N–H and O–H groups in total. The minimum atomic E-state index is -0.708. The third kappa shape index (κ3) is 5.94. The van der Waals surface area contributed by atoms with E-state index < -0.39 is 23.5 Å². The van der Waals surface area contributed by atoms with Gasteiger partial charge in [0.25, 0.3) is 0 Å². The minimum absolute atomic E-state index is 0.0221. The molecule has 1 aliphatic rings. The van der Waals surface area contributed by atoms with E-state index >= 15 is 0 Å². The highest BCUT2D eigenvalue weighted by Crippen LogP contribution is 2.30. The molecular weight excluding hydrogens is 527 g/mol. The highest BCUT2D eigenvalue weighted by atomic mass is 19.1. The van der Waals surface area contributed by atoms with Gasteiger partial charge >= 0.3 is 0 Å². The number of aromatic nitrogens is 3. The predicted molar refractivity (Wildman–Crippen MR) is 152 cm³/mol. The Morgan fingerprint density at radius 1 is 0.951 bits per heavy atom. The van der Waals surface area contributed by atoms with Crippen LogP contribution in [0.25, 0.3) is 22.0 Å². The van der Waals surface area contributed by atoms with E-state index in [4.69, 9.17) is 0 Å². The number of carbonyl (C=O) groups excluding carboxylic acids is 1. The summed E-state index contributed by atoms with van der Waals surface area (Å²) < 4.78 is 42.1. The number of nitrogens with one attached hydrogen (secondary N) is 2. The van der Waals surface area contributed by atoms with Crippen LogP contribution in [0.1, 0.15) is 35.7 Å². The van der Waals surface area contributed by atoms with Crippen LogP contribution in [0.15, 0.2) is 79.3 Å². The molecule has 6 rings (SSSR count). The Kier molecular flexibility index (Phi) is 7.41. The lowest BCUT2D eigenvalue weighted by atomic mass is 9.95. The van der Waals surface area contributed by atoms with Gasteiger partial charge in [-0.25, -0.2) is 18.2 Å². The number of halogens is 3. The lowest BCUT2D eigenvalue weighted by molar-refractivity contribution is -0.121. The molecule has 0 aliphatic carbocycles. The molecule has 1 atom stereocenters. The zero-order chi connectivity index (χ0) is 28.3. The number of hydrogen-bond donors (Lipinski definition) is 2. The van der Waals surface area contributed by atoms with Gasteiger partial charge in [0.2, 0.25) is 5.91 Å². The lowest BCUT2D eigenvalue weighted by Gasteiger charge is -2.22. The Morgan fingerprint density at radius 3 is 2.51 bits per heavy atom. The summed E-state index contributed by atoms with van der Waals surface area (Å²) in [6.45, 7) is 1.96. The summed E-state index contributed by atoms with van der Waals surface area (Å²) in [6, 6.07) is 14.6. The fourth-order valence-electron chi connectivity index (χ4n) is 5.51. The van der Waals surface area contributed by atoms with Gasteiger partial charge in [0.15, 0.2) is 0 Å². The van der Waals surface area contributed by atoms with E-state index in [1.807, 2.05) is 18.2 Å². The first-order valence-corrected chi connectivity index (χ1v) is 13.6. The monoisotopic (exact) mass is 555 g/mol. The van der Waals surface area contributed by atoms with Crippen molar-refractivity contribution in [1.82, 2.24) is 20.3 Å². The molecule has 41 heavy (non-hydrogen) atoms. The second-order valence-corrected chi connectivity index (χ2v) is 10.3. The number of H-pyrrole nitrogens is 1. The molecule has 9 heteroatoms. The molecule has 5 aromatic rings. The number of aromatic amines is 1. The van der Waals surface area contributed by atoms with Gasteiger partial charge in [-0.1, -0.05) is 6.07 Å². The van der Waals surface area contributed by atoms with Crippen molar-refractivity contribution >= 4 is 22.6 Å². The van der Waals surface area contributed by atoms with Crippen LogP contribution in [-0.4, -0.2) is 33.9 Å². The highest BCUT2D eigenvalue weighted by molar-refractivity contribution is 5.89. The van der Waals surface area contributed by atoms with Crippen molar-refractivity contribution in [3.8, 4) is 11.1 Å². The number of amides is 1. The van der Waals surface area contributed by atoms with E-state index in [1.54, 1.807) is 30.7 Å². The molecule has 1 fully saturated rings. The second kappa shape index (κ2) is 11.4. The quantitative estimate of drug-likeness (QED) is 0.236. The molecule has 208 valence electrons. The highest BCUT2D eigenvalue weighted by Gasteiger charge is 2.23. The molecule has 1 aliphatic heterocycles. The van der Waals surface area contributed by atoms with Crippen LogP contribution in [0.2, 0.25) is 0 Å². The molecule has 4 heterocycles. The summed E-state index contributed by atoms with van der Waals surface area (Å²) in [5.41, 5.74) is 3.85. The second-order valence-electron chi connectivity index (χ2n) is 10.3. The number of carbonyl (C=O) groups is 1. The third-order valence-electron chi connectivity index (χ3n) is 7.44. The van der Waals surface area contributed by atoms with Crippen molar-refractivity contribution in [1.29, 1.82) is 0 Å². The van der Waals surface area contributed by atoms with Crippen LogP contribution in [0, 0.1) is 17.5 Å². The zero-order valence-electron chi connectivity index (χ0n) is 22.2. The summed E-state index contributed by atoms with van der Waals surface area (Å²) in [6.07, 6.45) is 7.46. The normalized spacial score (nSPS) is 14.0. The third-order valence-corrected chi connectivity index (χ3v) is 7.44. The van der Waals surface area contributed by atoms with E-state index in [0.717, 1.165) is 54.5 Å². The first-order valence-electron chi connectivity index (χ1n) is 13.6. The van der Waals surface area contributed by atoms with Crippen LogP contribution < -0.4 is 10.2 Å². The number of nitrogens with zero attached hydrogens (tertiary/aromatic N) is 3. The zero-order valence-corrected chi connectivity index (χ0v) is 22.2. The van der Waals surface area contributed by atoms with Crippen LogP contribution in [0.4, 0.5) is 19.0 Å². The van der Waals surface area contributed by atoms with Gasteiger partial charge < -0.3 is 15.2 Å². The maximum atomic E-state index is 14.1. The smallest absolute Gasteiger partial charge is 0.225 e. The molecule has 0 saturated carbocycles. The Bertz CT molecular complexity index is 1680. The van der Waals surface area contributed by atoms with Crippen molar-refractivity contribution in [2.75, 3.05) is 18.0 Å². The maximum absolute atomic E-state index is 14.1. The van der Waals surface area contributed by atoms with Crippen molar-refractivity contribution in [3.63, 3.8) is 0 Å². The summed E-state index contributed by atoms with van der Waals surface area (Å²) in [4.78, 5) is 28.0. The Labute approximate surface area is 235 Å². The Morgan fingerprint density at radius 2 is 1.76 bits per heavy atom. The van der Waals surface area contributed by atoms with Crippen molar-refractivity contribution in [2.45, 2.75) is 31.7 Å². The van der Waals surface area contributed by atoms with E-state index in [2.05, 4.69) is 25.2 Å². The van der Waals surface area contributed by atoms with Gasteiger partial charge in [-0.05, 0) is 78.9 Å². The lowest BCUT2D eigenvalue weighted by Crippen LogP contribution is -2.32. The van der Waals surface area contributed by atoms with Crippen molar-refractivity contribution in [2.24, 2.45) is 0 Å². The van der Waals surface area contributed by atoms with Crippen LogP contribution in [-0.2, 0) is 17.6 Å². The first kappa shape index (κ1) is 26.6. The molecule has 0 spiro atoms. The molecule has 0 radical (unpaired) electrons. The van der Waals surface area contributed by atoms with Gasteiger partial charge in [0, 0.05) is 59.8 Å². The number of fused-ring (bicyclic) bond motifs is 1. The molecule has 1 unspecified atom stereocenters.